The zero-order valence-electron chi connectivity index (χ0n) is 7.37. The number of methoxy groups -OCH3 is 1. The third kappa shape index (κ3) is 2.49. The SMILES string of the molecule is COC(=O)C#Cc1ccc(F)cc1O. The number of hydrogen-bond acceptors (Lipinski definition) is 3. The van der Waals surface area contributed by atoms with Gasteiger partial charge in [-0.25, -0.2) is 9.18 Å². The number of hydrogen-bond donors (Lipinski definition) is 1. The van der Waals surface area contributed by atoms with Crippen LogP contribution in [0.15, 0.2) is 18.2 Å². The lowest BCUT2D eigenvalue weighted by atomic mass is 10.2. The molecule has 14 heavy (non-hydrogen) atoms. The van der Waals surface area contributed by atoms with Crippen molar-refractivity contribution in [3.63, 3.8) is 0 Å². The molecule has 0 saturated carbocycles. The molecule has 0 fully saturated rings. The third-order valence-corrected chi connectivity index (χ3v) is 1.44. The van der Waals surface area contributed by atoms with Gasteiger partial charge in [-0.3, -0.25) is 0 Å². The summed E-state index contributed by atoms with van der Waals surface area (Å²) >= 11 is 0. The van der Waals surface area contributed by atoms with Gasteiger partial charge in [-0.1, -0.05) is 5.92 Å². The van der Waals surface area contributed by atoms with Gasteiger partial charge in [0, 0.05) is 12.0 Å². The lowest BCUT2D eigenvalue weighted by Gasteiger charge is -1.95. The number of halogens is 1. The van der Waals surface area contributed by atoms with E-state index >= 15 is 0 Å². The van der Waals surface area contributed by atoms with E-state index in [4.69, 9.17) is 0 Å². The monoisotopic (exact) mass is 194 g/mol. The average Bonchev–Trinajstić information content (AvgIpc) is 2.16. The fourth-order valence-corrected chi connectivity index (χ4v) is 0.780. The van der Waals surface area contributed by atoms with Crippen molar-refractivity contribution in [3.8, 4) is 17.6 Å². The molecule has 0 saturated heterocycles. The molecule has 0 radical (unpaired) electrons. The number of rotatable bonds is 0. The van der Waals surface area contributed by atoms with E-state index < -0.39 is 11.8 Å². The van der Waals surface area contributed by atoms with E-state index in [1.165, 1.54) is 13.2 Å². The minimum Gasteiger partial charge on any atom is -0.507 e. The standard InChI is InChI=1S/C10H7FO3/c1-14-10(13)5-3-7-2-4-8(11)6-9(7)12/h2,4,6,12H,1H3. The second-order valence-corrected chi connectivity index (χ2v) is 2.40. The first-order valence-corrected chi connectivity index (χ1v) is 3.72. The Kier molecular flexibility index (Phi) is 3.08. The first-order chi connectivity index (χ1) is 6.63. The normalized spacial score (nSPS) is 8.71. The minimum atomic E-state index is -0.714. The molecule has 0 atom stereocenters. The van der Waals surface area contributed by atoms with E-state index in [1.807, 2.05) is 0 Å². The van der Waals surface area contributed by atoms with Gasteiger partial charge in [0.15, 0.2) is 0 Å². The van der Waals surface area contributed by atoms with Gasteiger partial charge >= 0.3 is 5.97 Å². The topological polar surface area (TPSA) is 46.5 Å². The van der Waals surface area contributed by atoms with Crippen LogP contribution in [0.3, 0.4) is 0 Å². The van der Waals surface area contributed by atoms with E-state index in [9.17, 15) is 14.3 Å². The maximum atomic E-state index is 12.5. The molecule has 0 aliphatic rings. The van der Waals surface area contributed by atoms with Crippen LogP contribution in [-0.2, 0) is 9.53 Å². The number of benzene rings is 1. The predicted molar refractivity (Wildman–Crippen MR) is 47.0 cm³/mol. The van der Waals surface area contributed by atoms with E-state index in [2.05, 4.69) is 16.6 Å². The zero-order valence-corrected chi connectivity index (χ0v) is 7.37. The van der Waals surface area contributed by atoms with Crippen LogP contribution in [0.5, 0.6) is 5.75 Å². The Hall–Kier alpha value is -2.02. The number of carbonyl (C=O) groups excluding carboxylic acids is 1. The zero-order chi connectivity index (χ0) is 10.6. The molecule has 0 amide bonds. The lowest BCUT2D eigenvalue weighted by Crippen LogP contribution is -1.94. The molecule has 0 heterocycles. The van der Waals surface area contributed by atoms with Gasteiger partial charge in [0.05, 0.1) is 12.7 Å². The largest absolute Gasteiger partial charge is 0.507 e. The fourth-order valence-electron chi connectivity index (χ4n) is 0.780. The second kappa shape index (κ2) is 4.28. The molecule has 0 aromatic heterocycles. The Balaban J connectivity index is 2.96. The fraction of sp³-hybridized carbons (Fsp3) is 0.100. The number of carbonyl (C=O) groups is 1. The number of phenols is 1. The highest BCUT2D eigenvalue weighted by Crippen LogP contribution is 2.16. The highest BCUT2D eigenvalue weighted by Gasteiger charge is 1.99. The molecular formula is C10H7FO3. The molecule has 0 aliphatic carbocycles. The van der Waals surface area contributed by atoms with Crippen LogP contribution in [0.2, 0.25) is 0 Å². The smallest absolute Gasteiger partial charge is 0.384 e. The molecule has 0 unspecified atom stereocenters. The number of phenolic OH excluding ortho intramolecular Hbond substituents is 1. The van der Waals surface area contributed by atoms with Gasteiger partial charge in [-0.05, 0) is 12.1 Å². The minimum absolute atomic E-state index is 0.178. The Bertz CT molecular complexity index is 415. The number of esters is 1. The number of ether oxygens (including phenoxy) is 1. The van der Waals surface area contributed by atoms with E-state index in [-0.39, 0.29) is 11.3 Å². The summed E-state index contributed by atoms with van der Waals surface area (Å²) in [7, 11) is 1.20. The van der Waals surface area contributed by atoms with E-state index in [0.29, 0.717) is 0 Å². The van der Waals surface area contributed by atoms with Gasteiger partial charge in [-0.2, -0.15) is 0 Å². The van der Waals surface area contributed by atoms with Crippen molar-refractivity contribution in [2.75, 3.05) is 7.11 Å². The Morgan fingerprint density at radius 2 is 2.29 bits per heavy atom. The van der Waals surface area contributed by atoms with Crippen LogP contribution in [0.25, 0.3) is 0 Å². The maximum absolute atomic E-state index is 12.5. The predicted octanol–water partition coefficient (Wildman–Crippen LogP) is 1.06. The van der Waals surface area contributed by atoms with Gasteiger partial charge in [0.2, 0.25) is 0 Å². The molecule has 4 heteroatoms. The second-order valence-electron chi connectivity index (χ2n) is 2.40. The summed E-state index contributed by atoms with van der Waals surface area (Å²) in [4.78, 5) is 10.6. The Labute approximate surface area is 80.1 Å². The van der Waals surface area contributed by atoms with Crippen LogP contribution in [-0.4, -0.2) is 18.2 Å². The van der Waals surface area contributed by atoms with Crippen LogP contribution in [0, 0.1) is 17.7 Å². The molecule has 1 aromatic rings. The summed E-state index contributed by atoms with van der Waals surface area (Å²) in [5.74, 6) is 2.88. The highest BCUT2D eigenvalue weighted by atomic mass is 19.1. The molecule has 72 valence electrons. The summed E-state index contributed by atoms with van der Waals surface area (Å²) in [6, 6.07) is 3.34. The maximum Gasteiger partial charge on any atom is 0.384 e. The van der Waals surface area contributed by atoms with Crippen LogP contribution < -0.4 is 0 Å². The molecule has 0 spiro atoms. The first-order valence-electron chi connectivity index (χ1n) is 3.72. The van der Waals surface area contributed by atoms with Crippen molar-refractivity contribution in [1.82, 2.24) is 0 Å². The molecule has 0 aliphatic heterocycles. The summed E-state index contributed by atoms with van der Waals surface area (Å²) in [5, 5.41) is 9.18. The van der Waals surface area contributed by atoms with Crippen molar-refractivity contribution >= 4 is 5.97 Å². The van der Waals surface area contributed by atoms with Gasteiger partial charge in [0.1, 0.15) is 11.6 Å². The van der Waals surface area contributed by atoms with Gasteiger partial charge in [0.25, 0.3) is 0 Å². The molecule has 1 rings (SSSR count). The Morgan fingerprint density at radius 3 is 2.86 bits per heavy atom. The molecular weight excluding hydrogens is 187 g/mol. The van der Waals surface area contributed by atoms with Crippen molar-refractivity contribution in [3.05, 3.63) is 29.6 Å². The van der Waals surface area contributed by atoms with E-state index in [0.717, 1.165) is 12.1 Å². The van der Waals surface area contributed by atoms with Crippen molar-refractivity contribution < 1.29 is 19.0 Å². The number of aromatic hydroxyl groups is 1. The van der Waals surface area contributed by atoms with Crippen LogP contribution in [0.1, 0.15) is 5.56 Å². The van der Waals surface area contributed by atoms with Gasteiger partial charge in [-0.15, -0.1) is 0 Å². The van der Waals surface area contributed by atoms with Crippen molar-refractivity contribution in [1.29, 1.82) is 0 Å². The molecule has 0 bridgehead atoms. The third-order valence-electron chi connectivity index (χ3n) is 1.44. The molecule has 3 nitrogen and oxygen atoms in total. The summed E-state index contributed by atoms with van der Waals surface area (Å²) in [6.45, 7) is 0. The lowest BCUT2D eigenvalue weighted by molar-refractivity contribution is -0.133. The van der Waals surface area contributed by atoms with Crippen molar-refractivity contribution in [2.24, 2.45) is 0 Å². The molecule has 1 N–H and O–H groups in total. The average molecular weight is 194 g/mol. The summed E-state index contributed by atoms with van der Waals surface area (Å²) in [5.41, 5.74) is 0.178. The first kappa shape index (κ1) is 10.1. The van der Waals surface area contributed by atoms with Crippen LogP contribution in [0.4, 0.5) is 4.39 Å². The molecule has 1 aromatic carbocycles. The van der Waals surface area contributed by atoms with E-state index in [1.54, 1.807) is 0 Å². The Morgan fingerprint density at radius 1 is 1.57 bits per heavy atom. The van der Waals surface area contributed by atoms with Crippen LogP contribution >= 0.6 is 0 Å². The summed E-state index contributed by atoms with van der Waals surface area (Å²) < 4.78 is 16.8. The van der Waals surface area contributed by atoms with Crippen molar-refractivity contribution in [2.45, 2.75) is 0 Å². The summed E-state index contributed by atoms with van der Waals surface area (Å²) in [6.07, 6.45) is 0. The van der Waals surface area contributed by atoms with Gasteiger partial charge < -0.3 is 9.84 Å². The highest BCUT2D eigenvalue weighted by molar-refractivity contribution is 5.89. The quantitative estimate of drug-likeness (QED) is 0.496.